The van der Waals surface area contributed by atoms with E-state index in [0.717, 1.165) is 15.2 Å². The summed E-state index contributed by atoms with van der Waals surface area (Å²) in [5.41, 5.74) is 5.10. The summed E-state index contributed by atoms with van der Waals surface area (Å²) in [5, 5.41) is 9.17. The van der Waals surface area contributed by atoms with Gasteiger partial charge >= 0.3 is 6.09 Å². The van der Waals surface area contributed by atoms with Crippen LogP contribution in [-0.4, -0.2) is 52.7 Å². The van der Waals surface area contributed by atoms with Gasteiger partial charge in [0.05, 0.1) is 0 Å². The van der Waals surface area contributed by atoms with Crippen LogP contribution in [0, 0.1) is 0 Å². The van der Waals surface area contributed by atoms with Crippen molar-refractivity contribution in [2.24, 2.45) is 5.73 Å². The Morgan fingerprint density at radius 1 is 1.43 bits per heavy atom. The molecule has 0 spiro atoms. The minimum Gasteiger partial charge on any atom is -0.465 e. The van der Waals surface area contributed by atoms with Gasteiger partial charge in [0.25, 0.3) is 0 Å². The molecule has 8 heteroatoms. The standard InChI is InChI=1S/C13H17BrN4O3/c14-9-1-2-12(16-7-9)17-5-3-10(4-6-17)18(13(20)21)8-11(15)19/h1-2,7,10H,3-6,8H2,(H2,15,19)(H,20,21). The van der Waals surface area contributed by atoms with Gasteiger partial charge in [-0.3, -0.25) is 9.69 Å². The van der Waals surface area contributed by atoms with E-state index in [0.29, 0.717) is 25.9 Å². The molecule has 1 aromatic rings. The topological polar surface area (TPSA) is 99.8 Å². The molecule has 0 unspecified atom stereocenters. The first-order valence-electron chi connectivity index (χ1n) is 6.61. The van der Waals surface area contributed by atoms with Crippen LogP contribution in [0.15, 0.2) is 22.8 Å². The monoisotopic (exact) mass is 356 g/mol. The predicted molar refractivity (Wildman–Crippen MR) is 81.1 cm³/mol. The van der Waals surface area contributed by atoms with Gasteiger partial charge in [0.1, 0.15) is 12.4 Å². The third-order valence-electron chi connectivity index (χ3n) is 3.51. The minimum absolute atomic E-state index is 0.179. The maximum atomic E-state index is 11.2. The minimum atomic E-state index is -1.10. The molecule has 0 aliphatic carbocycles. The van der Waals surface area contributed by atoms with Crippen molar-refractivity contribution in [3.05, 3.63) is 22.8 Å². The highest BCUT2D eigenvalue weighted by Crippen LogP contribution is 2.22. The summed E-state index contributed by atoms with van der Waals surface area (Å²) in [6.07, 6.45) is 1.93. The van der Waals surface area contributed by atoms with E-state index in [1.807, 2.05) is 12.1 Å². The van der Waals surface area contributed by atoms with Gasteiger partial charge in [-0.1, -0.05) is 0 Å². The summed E-state index contributed by atoms with van der Waals surface area (Å²) in [6.45, 7) is 1.14. The van der Waals surface area contributed by atoms with Gasteiger partial charge in [-0.2, -0.15) is 0 Å². The first-order valence-corrected chi connectivity index (χ1v) is 7.41. The molecule has 2 heterocycles. The van der Waals surface area contributed by atoms with Crippen LogP contribution in [0.2, 0.25) is 0 Å². The van der Waals surface area contributed by atoms with Crippen molar-refractivity contribution in [2.45, 2.75) is 18.9 Å². The summed E-state index contributed by atoms with van der Waals surface area (Å²) in [7, 11) is 0. The Kier molecular flexibility index (Phi) is 5.00. The Balaban J connectivity index is 1.97. The number of anilines is 1. The lowest BCUT2D eigenvalue weighted by Crippen LogP contribution is -2.49. The molecule has 7 nitrogen and oxygen atoms in total. The normalized spacial score (nSPS) is 15.8. The number of carbonyl (C=O) groups excluding carboxylic acids is 1. The van der Waals surface area contributed by atoms with Gasteiger partial charge in [-0.15, -0.1) is 0 Å². The third-order valence-corrected chi connectivity index (χ3v) is 3.98. The van der Waals surface area contributed by atoms with E-state index < -0.39 is 12.0 Å². The van der Waals surface area contributed by atoms with E-state index in [4.69, 9.17) is 5.73 Å². The van der Waals surface area contributed by atoms with Crippen molar-refractivity contribution in [3.8, 4) is 0 Å². The van der Waals surface area contributed by atoms with Crippen molar-refractivity contribution in [3.63, 3.8) is 0 Å². The number of piperidine rings is 1. The van der Waals surface area contributed by atoms with Crippen molar-refractivity contribution in [2.75, 3.05) is 24.5 Å². The number of hydrogen-bond acceptors (Lipinski definition) is 4. The number of carbonyl (C=O) groups is 2. The molecular formula is C13H17BrN4O3. The van der Waals surface area contributed by atoms with Crippen LogP contribution in [0.25, 0.3) is 0 Å². The number of hydrogen-bond donors (Lipinski definition) is 2. The fourth-order valence-corrected chi connectivity index (χ4v) is 2.72. The Morgan fingerprint density at radius 3 is 2.57 bits per heavy atom. The number of halogens is 1. The van der Waals surface area contributed by atoms with Crippen LogP contribution >= 0.6 is 15.9 Å². The molecule has 1 aromatic heterocycles. The quantitative estimate of drug-likeness (QED) is 0.846. The maximum absolute atomic E-state index is 11.2. The summed E-state index contributed by atoms with van der Waals surface area (Å²) >= 11 is 3.34. The Bertz CT molecular complexity index is 515. The molecule has 3 N–H and O–H groups in total. The summed E-state index contributed by atoms with van der Waals surface area (Å²) < 4.78 is 0.916. The zero-order chi connectivity index (χ0) is 15.4. The number of nitrogens with zero attached hydrogens (tertiary/aromatic N) is 3. The third kappa shape index (κ3) is 4.07. The molecule has 0 bridgehead atoms. The zero-order valence-electron chi connectivity index (χ0n) is 11.4. The number of aromatic nitrogens is 1. The number of rotatable bonds is 4. The van der Waals surface area contributed by atoms with Crippen LogP contribution in [0.5, 0.6) is 0 Å². The van der Waals surface area contributed by atoms with E-state index in [1.165, 1.54) is 0 Å². The molecular weight excluding hydrogens is 340 g/mol. The summed E-state index contributed by atoms with van der Waals surface area (Å²) in [4.78, 5) is 29.7. The number of nitrogens with two attached hydrogens (primary N) is 1. The molecule has 1 aliphatic rings. The first kappa shape index (κ1) is 15.6. The molecule has 114 valence electrons. The average molecular weight is 357 g/mol. The Labute approximate surface area is 130 Å². The van der Waals surface area contributed by atoms with Crippen LogP contribution < -0.4 is 10.6 Å². The van der Waals surface area contributed by atoms with Crippen LogP contribution in [0.1, 0.15) is 12.8 Å². The van der Waals surface area contributed by atoms with Crippen LogP contribution in [-0.2, 0) is 4.79 Å². The fourth-order valence-electron chi connectivity index (χ4n) is 2.48. The van der Waals surface area contributed by atoms with Crippen molar-refractivity contribution >= 4 is 33.7 Å². The second kappa shape index (κ2) is 6.75. The molecule has 0 saturated carbocycles. The number of carboxylic acid groups (broad SMARTS) is 1. The highest BCUT2D eigenvalue weighted by Gasteiger charge is 2.29. The van der Waals surface area contributed by atoms with Crippen molar-refractivity contribution < 1.29 is 14.7 Å². The zero-order valence-corrected chi connectivity index (χ0v) is 13.0. The van der Waals surface area contributed by atoms with E-state index in [-0.39, 0.29) is 12.6 Å². The van der Waals surface area contributed by atoms with E-state index in [1.54, 1.807) is 6.20 Å². The largest absolute Gasteiger partial charge is 0.465 e. The first-order chi connectivity index (χ1) is 9.97. The fraction of sp³-hybridized carbons (Fsp3) is 0.462. The predicted octanol–water partition coefficient (Wildman–Crippen LogP) is 1.28. The molecule has 1 aliphatic heterocycles. The molecule has 0 radical (unpaired) electrons. The molecule has 21 heavy (non-hydrogen) atoms. The average Bonchev–Trinajstić information content (AvgIpc) is 2.45. The number of pyridine rings is 1. The molecule has 1 saturated heterocycles. The summed E-state index contributed by atoms with van der Waals surface area (Å²) in [6, 6.07) is 3.66. The highest BCUT2D eigenvalue weighted by molar-refractivity contribution is 9.10. The lowest BCUT2D eigenvalue weighted by Gasteiger charge is -2.37. The van der Waals surface area contributed by atoms with Gasteiger partial charge in [0.2, 0.25) is 5.91 Å². The molecule has 2 rings (SSSR count). The van der Waals surface area contributed by atoms with Gasteiger partial charge in [0.15, 0.2) is 0 Å². The molecule has 0 aromatic carbocycles. The van der Waals surface area contributed by atoms with Crippen LogP contribution in [0.3, 0.4) is 0 Å². The summed E-state index contributed by atoms with van der Waals surface area (Å²) in [5.74, 6) is 0.239. The van der Waals surface area contributed by atoms with E-state index in [9.17, 15) is 14.7 Å². The Hall–Kier alpha value is -1.83. The Morgan fingerprint density at radius 2 is 2.10 bits per heavy atom. The molecule has 0 atom stereocenters. The van der Waals surface area contributed by atoms with Gasteiger partial charge in [0, 0.05) is 29.8 Å². The second-order valence-corrected chi connectivity index (χ2v) is 5.85. The van der Waals surface area contributed by atoms with Gasteiger partial charge < -0.3 is 15.7 Å². The lowest BCUT2D eigenvalue weighted by molar-refractivity contribution is -0.119. The maximum Gasteiger partial charge on any atom is 0.408 e. The number of primary amides is 1. The molecule has 1 fully saturated rings. The highest BCUT2D eigenvalue weighted by atomic mass is 79.9. The van der Waals surface area contributed by atoms with Crippen LogP contribution in [0.4, 0.5) is 10.6 Å². The lowest BCUT2D eigenvalue weighted by atomic mass is 10.0. The van der Waals surface area contributed by atoms with Crippen molar-refractivity contribution in [1.29, 1.82) is 0 Å². The SMILES string of the molecule is NC(=O)CN(C(=O)O)C1CCN(c2ccc(Br)cn2)CC1. The smallest absolute Gasteiger partial charge is 0.408 e. The van der Waals surface area contributed by atoms with E-state index in [2.05, 4.69) is 25.8 Å². The second-order valence-electron chi connectivity index (χ2n) is 4.93. The molecule has 2 amide bonds. The van der Waals surface area contributed by atoms with E-state index >= 15 is 0 Å². The van der Waals surface area contributed by atoms with Gasteiger partial charge in [-0.05, 0) is 40.9 Å². The number of amides is 2. The van der Waals surface area contributed by atoms with Gasteiger partial charge in [-0.25, -0.2) is 9.78 Å². The van der Waals surface area contributed by atoms with Crippen molar-refractivity contribution in [1.82, 2.24) is 9.88 Å².